The number of rotatable bonds is 5. The molecule has 0 saturated heterocycles. The standard InChI is InChI=1S/C55H38N2O/c1-55(2)44-25-9-5-22-42(44)53-45(55)26-16-32-51(53)57(50-31-14-13-30-49(50)56-46-27-10-6-19-37(46)38-20-7-11-28-47(38)56)48-29-12-8-21-39(48)40-23-15-24-41-43-33-35-17-3-4-18-36(35)34-52(43)58-54(40)41/h3-34H,1-2H3. The molecule has 1 aliphatic carbocycles. The number of aromatic nitrogens is 1. The highest BCUT2D eigenvalue weighted by Gasteiger charge is 2.38. The molecule has 0 amide bonds. The lowest BCUT2D eigenvalue weighted by Crippen LogP contribution is -2.17. The van der Waals surface area contributed by atoms with Gasteiger partial charge in [0.1, 0.15) is 11.2 Å². The number of fused-ring (bicyclic) bond motifs is 10. The average molecular weight is 743 g/mol. The minimum Gasteiger partial charge on any atom is -0.455 e. The van der Waals surface area contributed by atoms with Gasteiger partial charge in [0.05, 0.1) is 33.8 Å². The summed E-state index contributed by atoms with van der Waals surface area (Å²) in [6.45, 7) is 4.72. The highest BCUT2D eigenvalue weighted by molar-refractivity contribution is 6.15. The molecule has 0 saturated carbocycles. The summed E-state index contributed by atoms with van der Waals surface area (Å²) >= 11 is 0. The van der Waals surface area contributed by atoms with Crippen LogP contribution in [0.15, 0.2) is 199 Å². The van der Waals surface area contributed by atoms with E-state index in [1.54, 1.807) is 0 Å². The Morgan fingerprint density at radius 2 is 0.983 bits per heavy atom. The lowest BCUT2D eigenvalue weighted by Gasteiger charge is -2.32. The highest BCUT2D eigenvalue weighted by atomic mass is 16.3. The van der Waals surface area contributed by atoms with Crippen LogP contribution in [0, 0.1) is 0 Å². The molecule has 12 rings (SSSR count). The van der Waals surface area contributed by atoms with Crippen LogP contribution >= 0.6 is 0 Å². The van der Waals surface area contributed by atoms with Gasteiger partial charge in [-0.25, -0.2) is 0 Å². The van der Waals surface area contributed by atoms with E-state index in [1.165, 1.54) is 54.8 Å². The second-order valence-corrected chi connectivity index (χ2v) is 16.1. The van der Waals surface area contributed by atoms with Crippen molar-refractivity contribution in [3.05, 3.63) is 205 Å². The monoisotopic (exact) mass is 742 g/mol. The fourth-order valence-corrected chi connectivity index (χ4v) is 9.93. The zero-order valence-electron chi connectivity index (χ0n) is 32.3. The fraction of sp³-hybridized carbons (Fsp3) is 0.0545. The third-order valence-electron chi connectivity index (χ3n) is 12.6. The van der Waals surface area contributed by atoms with Gasteiger partial charge < -0.3 is 13.9 Å². The maximum Gasteiger partial charge on any atom is 0.143 e. The summed E-state index contributed by atoms with van der Waals surface area (Å²) in [7, 11) is 0. The average Bonchev–Trinajstić information content (AvgIpc) is 3.89. The van der Waals surface area contributed by atoms with Crippen LogP contribution in [-0.4, -0.2) is 4.57 Å². The van der Waals surface area contributed by atoms with Crippen LogP contribution in [0.1, 0.15) is 25.0 Å². The normalized spacial score (nSPS) is 13.1. The van der Waals surface area contributed by atoms with Crippen molar-refractivity contribution in [2.75, 3.05) is 4.90 Å². The third-order valence-corrected chi connectivity index (χ3v) is 12.6. The first-order valence-electron chi connectivity index (χ1n) is 20.1. The van der Waals surface area contributed by atoms with Crippen molar-refractivity contribution < 1.29 is 4.42 Å². The molecular weight excluding hydrogens is 705 g/mol. The number of anilines is 3. The summed E-state index contributed by atoms with van der Waals surface area (Å²) < 4.78 is 9.34. The minimum absolute atomic E-state index is 0.164. The van der Waals surface area contributed by atoms with Crippen LogP contribution in [-0.2, 0) is 5.41 Å². The number of nitrogens with zero attached hydrogens (tertiary/aromatic N) is 2. The van der Waals surface area contributed by atoms with E-state index in [0.717, 1.165) is 55.8 Å². The lowest BCUT2D eigenvalue weighted by molar-refractivity contribution is 0.660. The molecule has 0 atom stereocenters. The first-order valence-corrected chi connectivity index (χ1v) is 20.1. The molecule has 0 N–H and O–H groups in total. The van der Waals surface area contributed by atoms with Crippen LogP contribution < -0.4 is 4.90 Å². The summed E-state index contributed by atoms with van der Waals surface area (Å²) in [6.07, 6.45) is 0. The van der Waals surface area contributed by atoms with E-state index in [1.807, 2.05) is 0 Å². The van der Waals surface area contributed by atoms with Gasteiger partial charge in [-0.15, -0.1) is 0 Å². The molecular formula is C55H38N2O. The Morgan fingerprint density at radius 1 is 0.431 bits per heavy atom. The zero-order valence-corrected chi connectivity index (χ0v) is 32.3. The van der Waals surface area contributed by atoms with Crippen molar-refractivity contribution in [2.45, 2.75) is 19.3 Å². The van der Waals surface area contributed by atoms with Crippen molar-refractivity contribution in [1.82, 2.24) is 4.57 Å². The predicted octanol–water partition coefficient (Wildman–Crippen LogP) is 15.3. The Morgan fingerprint density at radius 3 is 1.78 bits per heavy atom. The molecule has 0 fully saturated rings. The molecule has 274 valence electrons. The molecule has 1 aliphatic rings. The zero-order chi connectivity index (χ0) is 38.5. The smallest absolute Gasteiger partial charge is 0.143 e. The number of para-hydroxylation sites is 6. The Bertz CT molecular complexity index is 3400. The van der Waals surface area contributed by atoms with E-state index in [4.69, 9.17) is 4.42 Å². The van der Waals surface area contributed by atoms with Crippen molar-refractivity contribution >= 4 is 71.6 Å². The molecule has 2 heterocycles. The lowest BCUT2D eigenvalue weighted by atomic mass is 9.82. The van der Waals surface area contributed by atoms with E-state index in [2.05, 4.69) is 217 Å². The number of benzene rings is 9. The number of hydrogen-bond acceptors (Lipinski definition) is 2. The van der Waals surface area contributed by atoms with Gasteiger partial charge in [0.15, 0.2) is 0 Å². The first kappa shape index (κ1) is 32.8. The van der Waals surface area contributed by atoms with Gasteiger partial charge in [-0.2, -0.15) is 0 Å². The molecule has 9 aromatic carbocycles. The first-order chi connectivity index (χ1) is 28.6. The van der Waals surface area contributed by atoms with Gasteiger partial charge in [0, 0.05) is 43.7 Å². The number of hydrogen-bond donors (Lipinski definition) is 0. The van der Waals surface area contributed by atoms with Crippen LogP contribution in [0.4, 0.5) is 17.1 Å². The second-order valence-electron chi connectivity index (χ2n) is 16.1. The van der Waals surface area contributed by atoms with Gasteiger partial charge in [-0.05, 0) is 76.0 Å². The van der Waals surface area contributed by atoms with Crippen molar-refractivity contribution in [3.63, 3.8) is 0 Å². The van der Waals surface area contributed by atoms with Gasteiger partial charge in [0.2, 0.25) is 0 Å². The van der Waals surface area contributed by atoms with E-state index >= 15 is 0 Å². The van der Waals surface area contributed by atoms with Gasteiger partial charge >= 0.3 is 0 Å². The molecule has 2 aromatic heterocycles. The van der Waals surface area contributed by atoms with Gasteiger partial charge in [-0.1, -0.05) is 159 Å². The van der Waals surface area contributed by atoms with Crippen LogP contribution in [0.2, 0.25) is 0 Å². The van der Waals surface area contributed by atoms with Crippen molar-refractivity contribution in [1.29, 1.82) is 0 Å². The highest BCUT2D eigenvalue weighted by Crippen LogP contribution is 2.56. The molecule has 3 heteroatoms. The Hall–Kier alpha value is -7.36. The van der Waals surface area contributed by atoms with Gasteiger partial charge in [0.25, 0.3) is 0 Å². The topological polar surface area (TPSA) is 21.3 Å². The summed E-state index contributed by atoms with van der Waals surface area (Å²) in [4.78, 5) is 2.51. The second kappa shape index (κ2) is 12.3. The quantitative estimate of drug-likeness (QED) is 0.175. The van der Waals surface area contributed by atoms with Crippen LogP contribution in [0.5, 0.6) is 0 Å². The maximum atomic E-state index is 6.90. The summed E-state index contributed by atoms with van der Waals surface area (Å²) in [6, 6.07) is 70.7. The predicted molar refractivity (Wildman–Crippen MR) is 243 cm³/mol. The molecule has 3 nitrogen and oxygen atoms in total. The SMILES string of the molecule is CC1(C)c2ccccc2-c2c(N(c3ccccc3-c3cccc4c3oc3cc5ccccc5cc34)c3ccccc3-n3c4ccccc4c4ccccc43)cccc21. The van der Waals surface area contributed by atoms with E-state index in [-0.39, 0.29) is 5.41 Å². The van der Waals surface area contributed by atoms with Crippen molar-refractivity contribution in [2.24, 2.45) is 0 Å². The molecule has 0 spiro atoms. The summed E-state index contributed by atoms with van der Waals surface area (Å²) in [5.41, 5.74) is 15.7. The minimum atomic E-state index is -0.164. The Labute approximate surface area is 336 Å². The van der Waals surface area contributed by atoms with Crippen LogP contribution in [0.25, 0.3) is 82.5 Å². The summed E-state index contributed by atoms with van der Waals surface area (Å²) in [5, 5.41) is 7.09. The van der Waals surface area contributed by atoms with Gasteiger partial charge in [-0.3, -0.25) is 0 Å². The maximum absolute atomic E-state index is 6.90. The Balaban J connectivity index is 1.18. The van der Waals surface area contributed by atoms with E-state index < -0.39 is 0 Å². The fourth-order valence-electron chi connectivity index (χ4n) is 9.93. The summed E-state index contributed by atoms with van der Waals surface area (Å²) in [5.74, 6) is 0. The molecule has 11 aromatic rings. The molecule has 0 bridgehead atoms. The molecule has 58 heavy (non-hydrogen) atoms. The van der Waals surface area contributed by atoms with Crippen molar-refractivity contribution in [3.8, 4) is 27.9 Å². The molecule has 0 unspecified atom stereocenters. The number of furan rings is 1. The Kier molecular flexibility index (Phi) is 6.98. The van der Waals surface area contributed by atoms with E-state index in [9.17, 15) is 0 Å². The third kappa shape index (κ3) is 4.62. The van der Waals surface area contributed by atoms with Crippen LogP contribution in [0.3, 0.4) is 0 Å². The van der Waals surface area contributed by atoms with E-state index in [0.29, 0.717) is 0 Å². The molecule has 0 radical (unpaired) electrons. The molecule has 0 aliphatic heterocycles. The largest absolute Gasteiger partial charge is 0.455 e.